The summed E-state index contributed by atoms with van der Waals surface area (Å²) in [6.07, 6.45) is 9.73. The molecule has 1 fully saturated rings. The minimum atomic E-state index is 0.234. The second kappa shape index (κ2) is 6.27. The summed E-state index contributed by atoms with van der Waals surface area (Å²) < 4.78 is 16.7. The molecule has 3 aliphatic carbocycles. The number of fused-ring (bicyclic) bond motifs is 5. The van der Waals surface area contributed by atoms with E-state index in [0.717, 1.165) is 17.9 Å². The topological polar surface area (TPSA) is 27.7 Å². The van der Waals surface area contributed by atoms with E-state index >= 15 is 0 Å². The van der Waals surface area contributed by atoms with Crippen LogP contribution in [0.2, 0.25) is 0 Å². The van der Waals surface area contributed by atoms with Crippen molar-refractivity contribution < 1.29 is 13.8 Å². The van der Waals surface area contributed by atoms with Gasteiger partial charge in [-0.1, -0.05) is 19.1 Å². The maximum absolute atomic E-state index is 5.69. The zero-order valence-corrected chi connectivity index (χ0v) is 16.6. The van der Waals surface area contributed by atoms with Crippen LogP contribution in [0.4, 0.5) is 0 Å². The summed E-state index contributed by atoms with van der Waals surface area (Å²) in [5, 5.41) is 0. The van der Waals surface area contributed by atoms with E-state index in [9.17, 15) is 0 Å². The Labute approximate surface area is 149 Å². The Morgan fingerprint density at radius 2 is 1.96 bits per heavy atom. The summed E-state index contributed by atoms with van der Waals surface area (Å²) in [7, 11) is 6.51. The number of ether oxygens (including phenoxy) is 1. The average Bonchev–Trinajstić information content (AvgIpc) is 2.96. The van der Waals surface area contributed by atoms with Gasteiger partial charge in [-0.25, -0.2) is 0 Å². The van der Waals surface area contributed by atoms with Crippen LogP contribution in [0.1, 0.15) is 43.2 Å². The molecule has 0 amide bonds. The fourth-order valence-electron chi connectivity index (χ4n) is 5.44. The molecule has 0 bridgehead atoms. The molecule has 1 aromatic carbocycles. The molecule has 0 saturated heterocycles. The molecule has 24 heavy (non-hydrogen) atoms. The monoisotopic (exact) mass is 364 g/mol. The van der Waals surface area contributed by atoms with Crippen molar-refractivity contribution in [2.24, 2.45) is 17.3 Å². The number of aryl methyl sites for hydroxylation is 1. The molecule has 130 valence electrons. The third-order valence-electron chi connectivity index (χ3n) is 6.72. The van der Waals surface area contributed by atoms with Crippen LogP contribution in [0.15, 0.2) is 24.3 Å². The van der Waals surface area contributed by atoms with Crippen LogP contribution < -0.4 is 9.26 Å². The van der Waals surface area contributed by atoms with E-state index in [0.29, 0.717) is 17.8 Å². The average molecular weight is 364 g/mol. The lowest BCUT2D eigenvalue weighted by molar-refractivity contribution is 0.00903. The van der Waals surface area contributed by atoms with Gasteiger partial charge in [0.25, 0.3) is 0 Å². The van der Waals surface area contributed by atoms with E-state index < -0.39 is 0 Å². The lowest BCUT2D eigenvalue weighted by atomic mass is 9.55. The molecule has 3 aliphatic rings. The lowest BCUT2D eigenvalue weighted by Gasteiger charge is -2.50. The maximum atomic E-state index is 5.69. The number of hydrogen-bond donors (Lipinski definition) is 0. The second-order valence-electron chi connectivity index (χ2n) is 7.64. The van der Waals surface area contributed by atoms with Gasteiger partial charge < -0.3 is 13.8 Å². The summed E-state index contributed by atoms with van der Waals surface area (Å²) in [5.74, 6) is 3.58. The maximum Gasteiger partial charge on any atom is 0.164 e. The molecule has 5 heteroatoms. The standard InChI is InChI=1S/C19H26O3P2/c1-19-8-7-12-13(15(19)5-6-18(19)22-24)4-3-11-9-17(21-23)16(20-2)10-14(11)12/h5-6,9-10,12-13,15,18H,3-4,7-8,23-24H2,1-2H3/t12?,13?,15?,18-,19-/m0/s1. The number of allylic oxidation sites excluding steroid dienone is 1. The van der Waals surface area contributed by atoms with Gasteiger partial charge in [-0.2, -0.15) is 0 Å². The molecule has 0 aliphatic heterocycles. The third-order valence-corrected chi connectivity index (χ3v) is 7.27. The molecule has 7 atom stereocenters. The summed E-state index contributed by atoms with van der Waals surface area (Å²) in [6.45, 7) is 2.41. The molecule has 0 heterocycles. The highest BCUT2D eigenvalue weighted by Crippen LogP contribution is 2.60. The first kappa shape index (κ1) is 16.8. The van der Waals surface area contributed by atoms with Crippen molar-refractivity contribution in [2.75, 3.05) is 7.11 Å². The Hall–Kier alpha value is -0.620. The number of benzene rings is 1. The Kier molecular flexibility index (Phi) is 4.40. The normalized spacial score (nSPS) is 36.7. The molecule has 3 nitrogen and oxygen atoms in total. The molecule has 0 radical (unpaired) electrons. The van der Waals surface area contributed by atoms with Gasteiger partial charge in [0.1, 0.15) is 0 Å². The fraction of sp³-hybridized carbons (Fsp3) is 0.579. The van der Waals surface area contributed by atoms with Crippen molar-refractivity contribution in [3.63, 3.8) is 0 Å². The Morgan fingerprint density at radius 3 is 2.67 bits per heavy atom. The zero-order valence-electron chi connectivity index (χ0n) is 14.3. The predicted octanol–water partition coefficient (Wildman–Crippen LogP) is 4.67. The summed E-state index contributed by atoms with van der Waals surface area (Å²) >= 11 is 0. The largest absolute Gasteiger partial charge is 0.493 e. The number of hydrogen-bond acceptors (Lipinski definition) is 3. The van der Waals surface area contributed by atoms with E-state index in [4.69, 9.17) is 13.8 Å². The van der Waals surface area contributed by atoms with Gasteiger partial charge in [0.05, 0.1) is 22.7 Å². The summed E-state index contributed by atoms with van der Waals surface area (Å²) in [5.41, 5.74) is 3.15. The summed E-state index contributed by atoms with van der Waals surface area (Å²) in [4.78, 5) is 0. The number of rotatable bonds is 3. The van der Waals surface area contributed by atoms with E-state index in [2.05, 4.69) is 50.1 Å². The first-order chi connectivity index (χ1) is 11.6. The van der Waals surface area contributed by atoms with E-state index in [1.54, 1.807) is 7.11 Å². The van der Waals surface area contributed by atoms with Crippen molar-refractivity contribution in [1.29, 1.82) is 0 Å². The Balaban J connectivity index is 1.71. The van der Waals surface area contributed by atoms with Gasteiger partial charge in [-0.3, -0.25) is 0 Å². The Morgan fingerprint density at radius 1 is 1.12 bits per heavy atom. The molecule has 4 rings (SSSR count). The van der Waals surface area contributed by atoms with Crippen LogP contribution in [-0.4, -0.2) is 13.2 Å². The van der Waals surface area contributed by atoms with E-state index in [1.807, 2.05) is 0 Å². The van der Waals surface area contributed by atoms with Crippen molar-refractivity contribution in [1.82, 2.24) is 0 Å². The van der Waals surface area contributed by atoms with E-state index in [1.165, 1.54) is 30.4 Å². The minimum absolute atomic E-state index is 0.234. The quantitative estimate of drug-likeness (QED) is 0.576. The number of methoxy groups -OCH3 is 1. The highest BCUT2D eigenvalue weighted by molar-refractivity contribution is 7.10. The van der Waals surface area contributed by atoms with Crippen LogP contribution in [0, 0.1) is 17.3 Å². The smallest absolute Gasteiger partial charge is 0.164 e. The van der Waals surface area contributed by atoms with Gasteiger partial charge >= 0.3 is 0 Å². The highest BCUT2D eigenvalue weighted by Gasteiger charge is 2.53. The van der Waals surface area contributed by atoms with Crippen LogP contribution >= 0.6 is 18.9 Å². The van der Waals surface area contributed by atoms with Crippen LogP contribution in [0.5, 0.6) is 11.5 Å². The predicted molar refractivity (Wildman–Crippen MR) is 102 cm³/mol. The molecule has 1 aromatic rings. The van der Waals surface area contributed by atoms with Crippen molar-refractivity contribution in [3.8, 4) is 11.5 Å². The van der Waals surface area contributed by atoms with Gasteiger partial charge in [0.2, 0.25) is 0 Å². The van der Waals surface area contributed by atoms with E-state index in [-0.39, 0.29) is 11.5 Å². The first-order valence-corrected chi connectivity index (χ1v) is 9.68. The molecule has 5 unspecified atom stereocenters. The van der Waals surface area contributed by atoms with Gasteiger partial charge in [-0.15, -0.1) is 0 Å². The van der Waals surface area contributed by atoms with Crippen molar-refractivity contribution in [2.45, 2.75) is 44.6 Å². The third kappa shape index (κ3) is 2.36. The second-order valence-corrected chi connectivity index (χ2v) is 8.15. The molecule has 0 aromatic heterocycles. The molecular weight excluding hydrogens is 338 g/mol. The van der Waals surface area contributed by atoms with Crippen LogP contribution in [-0.2, 0) is 10.9 Å². The SMILES string of the molecule is COc1cc2c(cc1OP)CCC1C2CC[C@@]2(C)C1C=C[C@@H]2OP. The van der Waals surface area contributed by atoms with Crippen molar-refractivity contribution in [3.05, 3.63) is 35.4 Å². The lowest BCUT2D eigenvalue weighted by Crippen LogP contribution is -2.44. The fourth-order valence-corrected chi connectivity index (χ4v) is 6.03. The first-order valence-electron chi connectivity index (χ1n) is 8.73. The van der Waals surface area contributed by atoms with Gasteiger partial charge in [-0.05, 0) is 66.7 Å². The summed E-state index contributed by atoms with van der Waals surface area (Å²) in [6, 6.07) is 4.39. The van der Waals surface area contributed by atoms with Gasteiger partial charge in [0.15, 0.2) is 11.5 Å². The highest BCUT2D eigenvalue weighted by atomic mass is 31.0. The molecule has 0 N–H and O–H groups in total. The zero-order chi connectivity index (χ0) is 16.9. The van der Waals surface area contributed by atoms with Crippen LogP contribution in [0.3, 0.4) is 0 Å². The molecule has 0 spiro atoms. The molecular formula is C19H26O3P2. The molecule has 1 saturated carbocycles. The Bertz CT molecular complexity index is 675. The van der Waals surface area contributed by atoms with Crippen molar-refractivity contribution >= 4 is 18.9 Å². The minimum Gasteiger partial charge on any atom is -0.493 e. The van der Waals surface area contributed by atoms with Crippen LogP contribution in [0.25, 0.3) is 0 Å². The van der Waals surface area contributed by atoms with Gasteiger partial charge in [0, 0.05) is 14.9 Å².